The van der Waals surface area contributed by atoms with Crippen LogP contribution in [0.5, 0.6) is 0 Å². The van der Waals surface area contributed by atoms with Gasteiger partial charge in [0.2, 0.25) is 0 Å². The topological polar surface area (TPSA) is 72.2 Å². The van der Waals surface area contributed by atoms with Crippen molar-refractivity contribution in [2.45, 2.75) is 18.7 Å². The molecule has 7 heteroatoms. The predicted molar refractivity (Wildman–Crippen MR) is 90.3 cm³/mol. The molecule has 2 rings (SSSR count). The van der Waals surface area contributed by atoms with Gasteiger partial charge in [0.25, 0.3) is 10.0 Å². The maximum Gasteiger partial charge on any atom is 0.262 e. The number of hydrogen-bond donors (Lipinski definition) is 2. The summed E-state index contributed by atoms with van der Waals surface area (Å²) in [4.78, 5) is 0.0703. The van der Waals surface area contributed by atoms with Crippen LogP contribution in [0.25, 0.3) is 0 Å². The number of nitrogens with two attached hydrogens (primary N) is 1. The van der Waals surface area contributed by atoms with Crippen molar-refractivity contribution >= 4 is 48.9 Å². The molecule has 0 aromatic heterocycles. The Morgan fingerprint density at radius 2 is 1.86 bits per heavy atom. The number of halogens is 2. The van der Waals surface area contributed by atoms with E-state index < -0.39 is 10.0 Å². The Morgan fingerprint density at radius 1 is 1.19 bits per heavy atom. The smallest absolute Gasteiger partial charge is 0.262 e. The van der Waals surface area contributed by atoms with Gasteiger partial charge in [-0.15, -0.1) is 0 Å². The van der Waals surface area contributed by atoms with Crippen molar-refractivity contribution in [1.29, 1.82) is 0 Å². The Balaban J connectivity index is 2.51. The Hall–Kier alpha value is -1.24. The molecule has 2 aromatic carbocycles. The van der Waals surface area contributed by atoms with Crippen molar-refractivity contribution in [1.82, 2.24) is 0 Å². The van der Waals surface area contributed by atoms with Crippen molar-refractivity contribution in [2.75, 3.05) is 10.5 Å². The molecular weight excluding hydrogens is 376 g/mol. The third kappa shape index (κ3) is 3.51. The number of sulfonamides is 1. The lowest BCUT2D eigenvalue weighted by Crippen LogP contribution is -2.15. The van der Waals surface area contributed by atoms with Crippen LogP contribution in [-0.2, 0) is 10.0 Å². The maximum atomic E-state index is 12.5. The van der Waals surface area contributed by atoms with Crippen molar-refractivity contribution in [2.24, 2.45) is 0 Å². The van der Waals surface area contributed by atoms with Gasteiger partial charge in [-0.3, -0.25) is 4.72 Å². The summed E-state index contributed by atoms with van der Waals surface area (Å²) >= 11 is 9.23. The Bertz CT molecular complexity index is 807. The van der Waals surface area contributed by atoms with E-state index in [0.717, 1.165) is 5.56 Å². The van der Waals surface area contributed by atoms with Gasteiger partial charge < -0.3 is 5.73 Å². The molecule has 0 heterocycles. The number of hydrogen-bond acceptors (Lipinski definition) is 3. The molecule has 0 radical (unpaired) electrons. The number of aryl methyl sites for hydroxylation is 1. The van der Waals surface area contributed by atoms with E-state index in [-0.39, 0.29) is 9.92 Å². The molecule has 0 fully saturated rings. The Morgan fingerprint density at radius 3 is 2.52 bits per heavy atom. The van der Waals surface area contributed by atoms with Gasteiger partial charge >= 0.3 is 0 Å². The summed E-state index contributed by atoms with van der Waals surface area (Å²) in [6.45, 7) is 3.53. The first-order chi connectivity index (χ1) is 9.70. The highest BCUT2D eigenvalue weighted by atomic mass is 79.9. The molecule has 0 aliphatic heterocycles. The molecular formula is C14H14BrClN2O2S. The van der Waals surface area contributed by atoms with Gasteiger partial charge in [-0.1, -0.05) is 17.7 Å². The SMILES string of the molecule is Cc1ccc(Br)c(NS(=O)(=O)c2cc(Cl)cc(N)c2C)c1. The zero-order chi connectivity index (χ0) is 15.8. The van der Waals surface area contributed by atoms with E-state index in [0.29, 0.717) is 21.4 Å². The number of anilines is 2. The van der Waals surface area contributed by atoms with Crippen LogP contribution in [0.3, 0.4) is 0 Å². The first-order valence-corrected chi connectivity index (χ1v) is 8.71. The minimum absolute atomic E-state index is 0.0703. The Labute approximate surface area is 137 Å². The highest BCUT2D eigenvalue weighted by molar-refractivity contribution is 9.10. The highest BCUT2D eigenvalue weighted by Crippen LogP contribution is 2.30. The first kappa shape index (κ1) is 16.1. The summed E-state index contributed by atoms with van der Waals surface area (Å²) in [6, 6.07) is 8.32. The fourth-order valence-electron chi connectivity index (χ4n) is 1.87. The van der Waals surface area contributed by atoms with Crippen molar-refractivity contribution in [3.05, 3.63) is 51.0 Å². The molecule has 112 valence electrons. The van der Waals surface area contributed by atoms with E-state index in [1.165, 1.54) is 12.1 Å². The van der Waals surface area contributed by atoms with Crippen LogP contribution in [-0.4, -0.2) is 8.42 Å². The van der Waals surface area contributed by atoms with Crippen LogP contribution in [0.15, 0.2) is 39.7 Å². The molecule has 0 unspecified atom stereocenters. The van der Waals surface area contributed by atoms with Crippen LogP contribution in [0.1, 0.15) is 11.1 Å². The molecule has 0 saturated carbocycles. The standard InChI is InChI=1S/C14H14BrClN2O2S/c1-8-3-4-11(15)13(5-8)18-21(19,20)14-7-10(16)6-12(17)9(14)2/h3-7,18H,17H2,1-2H3. The number of benzene rings is 2. The van der Waals surface area contributed by atoms with Crippen LogP contribution < -0.4 is 10.5 Å². The monoisotopic (exact) mass is 388 g/mol. The average Bonchev–Trinajstić information content (AvgIpc) is 2.37. The van der Waals surface area contributed by atoms with Gasteiger partial charge in [-0.2, -0.15) is 0 Å². The van der Waals surface area contributed by atoms with Crippen LogP contribution in [0.4, 0.5) is 11.4 Å². The molecule has 3 N–H and O–H groups in total. The molecule has 0 amide bonds. The van der Waals surface area contributed by atoms with Gasteiger partial charge in [0.05, 0.1) is 10.6 Å². The van der Waals surface area contributed by atoms with Crippen LogP contribution in [0, 0.1) is 13.8 Å². The molecule has 0 spiro atoms. The van der Waals surface area contributed by atoms with Gasteiger partial charge in [0.1, 0.15) is 0 Å². The largest absolute Gasteiger partial charge is 0.398 e. The third-order valence-corrected chi connectivity index (χ3v) is 5.42. The van der Waals surface area contributed by atoms with Crippen molar-refractivity contribution in [3.8, 4) is 0 Å². The number of nitrogens with one attached hydrogen (secondary N) is 1. The summed E-state index contributed by atoms with van der Waals surface area (Å²) in [5.41, 5.74) is 8.00. The van der Waals surface area contributed by atoms with Gasteiger partial charge in [-0.25, -0.2) is 8.42 Å². The minimum Gasteiger partial charge on any atom is -0.398 e. The van der Waals surface area contributed by atoms with E-state index in [1.54, 1.807) is 19.1 Å². The molecule has 21 heavy (non-hydrogen) atoms. The molecule has 0 aliphatic carbocycles. The van der Waals surface area contributed by atoms with Crippen molar-refractivity contribution in [3.63, 3.8) is 0 Å². The van der Waals surface area contributed by atoms with Crippen LogP contribution >= 0.6 is 27.5 Å². The van der Waals surface area contributed by atoms with E-state index in [4.69, 9.17) is 17.3 Å². The minimum atomic E-state index is -3.77. The normalized spacial score (nSPS) is 11.4. The fraction of sp³-hybridized carbons (Fsp3) is 0.143. The van der Waals surface area contributed by atoms with E-state index in [1.807, 2.05) is 13.0 Å². The van der Waals surface area contributed by atoms with E-state index in [2.05, 4.69) is 20.7 Å². The second-order valence-electron chi connectivity index (χ2n) is 4.71. The Kier molecular flexibility index (Phi) is 4.51. The summed E-state index contributed by atoms with van der Waals surface area (Å²) < 4.78 is 28.3. The van der Waals surface area contributed by atoms with Gasteiger partial charge in [0.15, 0.2) is 0 Å². The van der Waals surface area contributed by atoms with E-state index >= 15 is 0 Å². The quantitative estimate of drug-likeness (QED) is 0.776. The third-order valence-electron chi connectivity index (χ3n) is 3.02. The van der Waals surface area contributed by atoms with E-state index in [9.17, 15) is 8.42 Å². The van der Waals surface area contributed by atoms with Crippen LogP contribution in [0.2, 0.25) is 5.02 Å². The molecule has 0 saturated heterocycles. The lowest BCUT2D eigenvalue weighted by atomic mass is 10.2. The average molecular weight is 390 g/mol. The zero-order valence-electron chi connectivity index (χ0n) is 11.4. The summed E-state index contributed by atoms with van der Waals surface area (Å²) in [5, 5.41) is 0.279. The molecule has 2 aromatic rings. The number of nitrogen functional groups attached to an aromatic ring is 1. The number of rotatable bonds is 3. The fourth-order valence-corrected chi connectivity index (χ4v) is 4.01. The predicted octanol–water partition coefficient (Wildman–Crippen LogP) is 4.10. The second-order valence-corrected chi connectivity index (χ2v) is 7.65. The summed E-state index contributed by atoms with van der Waals surface area (Å²) in [6.07, 6.45) is 0. The molecule has 0 aliphatic rings. The molecule has 0 atom stereocenters. The molecule has 4 nitrogen and oxygen atoms in total. The lowest BCUT2D eigenvalue weighted by Gasteiger charge is -2.14. The maximum absolute atomic E-state index is 12.5. The lowest BCUT2D eigenvalue weighted by molar-refractivity contribution is 0.600. The van der Waals surface area contributed by atoms with Gasteiger partial charge in [-0.05, 0) is 65.2 Å². The summed E-state index contributed by atoms with van der Waals surface area (Å²) in [7, 11) is -3.77. The summed E-state index contributed by atoms with van der Waals surface area (Å²) in [5.74, 6) is 0. The molecule has 0 bridgehead atoms. The van der Waals surface area contributed by atoms with Gasteiger partial charge in [0, 0.05) is 15.2 Å². The highest BCUT2D eigenvalue weighted by Gasteiger charge is 2.20. The second kappa shape index (κ2) is 5.87. The first-order valence-electron chi connectivity index (χ1n) is 6.05. The zero-order valence-corrected chi connectivity index (χ0v) is 14.6. The van der Waals surface area contributed by atoms with Crippen molar-refractivity contribution < 1.29 is 8.42 Å².